The van der Waals surface area contributed by atoms with E-state index in [2.05, 4.69) is 22.0 Å². The number of fused-ring (bicyclic) bond motifs is 1. The molecular weight excluding hydrogens is 411 g/mol. The van der Waals surface area contributed by atoms with Crippen LogP contribution in [0.25, 0.3) is 5.69 Å². The van der Waals surface area contributed by atoms with Crippen LogP contribution in [-0.2, 0) is 17.8 Å². The van der Waals surface area contributed by atoms with Crippen LogP contribution in [0.4, 0.5) is 4.39 Å². The Morgan fingerprint density at radius 1 is 1.00 bits per heavy atom. The molecule has 5 nitrogen and oxygen atoms in total. The number of rotatable bonds is 4. The maximum Gasteiger partial charge on any atom is 0.244 e. The van der Waals surface area contributed by atoms with E-state index < -0.39 is 0 Å². The molecule has 1 aromatic heterocycles. The number of halogens is 1. The Morgan fingerprint density at radius 2 is 1.74 bits per heavy atom. The van der Waals surface area contributed by atoms with Gasteiger partial charge in [-0.2, -0.15) is 11.8 Å². The molecule has 5 rings (SSSR count). The predicted octanol–water partition coefficient (Wildman–Crippen LogP) is 3.69. The van der Waals surface area contributed by atoms with Gasteiger partial charge in [0.05, 0.1) is 18.6 Å². The smallest absolute Gasteiger partial charge is 0.244 e. The topological polar surface area (TPSA) is 41.4 Å². The van der Waals surface area contributed by atoms with Gasteiger partial charge >= 0.3 is 0 Å². The highest BCUT2D eigenvalue weighted by Gasteiger charge is 2.34. The number of carbonyl (C=O) groups excluding carboxylic acids is 1. The zero-order valence-electron chi connectivity index (χ0n) is 17.3. The van der Waals surface area contributed by atoms with Crippen molar-refractivity contribution >= 4 is 17.7 Å². The summed E-state index contributed by atoms with van der Waals surface area (Å²) < 4.78 is 15.3. The van der Waals surface area contributed by atoms with Crippen molar-refractivity contribution in [3.63, 3.8) is 0 Å². The van der Waals surface area contributed by atoms with Crippen molar-refractivity contribution in [3.05, 3.63) is 83.7 Å². The molecule has 1 atom stereocenters. The van der Waals surface area contributed by atoms with Gasteiger partial charge in [-0.1, -0.05) is 30.3 Å². The summed E-state index contributed by atoms with van der Waals surface area (Å²) in [7, 11) is 0. The Kier molecular flexibility index (Phi) is 5.78. The average Bonchev–Trinajstić information content (AvgIpc) is 3.24. The minimum Gasteiger partial charge on any atom is -0.335 e. The molecule has 2 aliphatic heterocycles. The molecule has 0 saturated carbocycles. The lowest BCUT2D eigenvalue weighted by molar-refractivity contribution is -0.138. The van der Waals surface area contributed by atoms with Crippen molar-refractivity contribution in [2.24, 2.45) is 0 Å². The minimum absolute atomic E-state index is 0.153. The van der Waals surface area contributed by atoms with E-state index in [4.69, 9.17) is 0 Å². The molecule has 0 N–H and O–H groups in total. The first-order valence-electron chi connectivity index (χ1n) is 10.7. The van der Waals surface area contributed by atoms with Gasteiger partial charge in [0.1, 0.15) is 11.9 Å². The van der Waals surface area contributed by atoms with Crippen molar-refractivity contribution < 1.29 is 9.18 Å². The molecule has 1 fully saturated rings. The molecule has 1 amide bonds. The van der Waals surface area contributed by atoms with Crippen molar-refractivity contribution in [2.45, 2.75) is 19.0 Å². The van der Waals surface area contributed by atoms with Crippen LogP contribution in [0.1, 0.15) is 23.0 Å². The summed E-state index contributed by atoms with van der Waals surface area (Å²) in [5.41, 5.74) is 3.97. The highest BCUT2D eigenvalue weighted by atomic mass is 32.2. The molecule has 1 saturated heterocycles. The number of amides is 1. The second-order valence-electron chi connectivity index (χ2n) is 7.96. The van der Waals surface area contributed by atoms with Crippen molar-refractivity contribution in [1.82, 2.24) is 19.4 Å². The van der Waals surface area contributed by atoms with Crippen LogP contribution in [0.2, 0.25) is 0 Å². The number of aromatic nitrogens is 2. The molecule has 3 aromatic rings. The number of thioether (sulfide) groups is 1. The molecule has 0 aliphatic carbocycles. The molecule has 0 radical (unpaired) electrons. The standard InChI is InChI=1S/C24H25FN4OS/c25-19-6-8-20(9-7-19)29-17-26-21-16-28(11-10-22(21)29)24(30)23(18-4-2-1-3-5-18)27-12-14-31-15-13-27/h1-9,17,23H,10-16H2/t23-/m0/s1. The van der Waals surface area contributed by atoms with E-state index in [1.54, 1.807) is 18.5 Å². The fourth-order valence-electron chi connectivity index (χ4n) is 4.47. The van der Waals surface area contributed by atoms with E-state index >= 15 is 0 Å². The summed E-state index contributed by atoms with van der Waals surface area (Å²) in [5.74, 6) is 2.02. The third-order valence-corrected chi connectivity index (χ3v) is 7.03. The molecule has 0 bridgehead atoms. The molecule has 2 aromatic carbocycles. The lowest BCUT2D eigenvalue weighted by Crippen LogP contribution is -2.47. The van der Waals surface area contributed by atoms with Crippen LogP contribution < -0.4 is 0 Å². The number of carbonyl (C=O) groups is 1. The first kappa shape index (κ1) is 20.3. The SMILES string of the molecule is O=C([C@H](c1ccccc1)N1CCSCC1)N1CCc2c(ncn2-c2ccc(F)cc2)C1. The lowest BCUT2D eigenvalue weighted by Gasteiger charge is -2.37. The van der Waals surface area contributed by atoms with E-state index in [1.165, 1.54) is 12.1 Å². The van der Waals surface area contributed by atoms with E-state index in [1.807, 2.05) is 39.4 Å². The van der Waals surface area contributed by atoms with Gasteiger partial charge < -0.3 is 9.47 Å². The Morgan fingerprint density at radius 3 is 2.48 bits per heavy atom. The molecule has 160 valence electrons. The van der Waals surface area contributed by atoms with Gasteiger partial charge in [-0.15, -0.1) is 0 Å². The molecule has 0 unspecified atom stereocenters. The summed E-state index contributed by atoms with van der Waals surface area (Å²) in [6.45, 7) is 3.02. The lowest BCUT2D eigenvalue weighted by atomic mass is 10.0. The van der Waals surface area contributed by atoms with Crippen LogP contribution in [0.15, 0.2) is 60.9 Å². The van der Waals surface area contributed by atoms with Gasteiger partial charge in [-0.05, 0) is 29.8 Å². The van der Waals surface area contributed by atoms with Crippen LogP contribution in [0.3, 0.4) is 0 Å². The summed E-state index contributed by atoms with van der Waals surface area (Å²) >= 11 is 1.95. The second kappa shape index (κ2) is 8.85. The number of benzene rings is 2. The third kappa shape index (κ3) is 4.12. The van der Waals surface area contributed by atoms with E-state index in [-0.39, 0.29) is 17.8 Å². The number of imidazole rings is 1. The maximum atomic E-state index is 13.7. The Hall–Kier alpha value is -2.64. The Bertz CT molecular complexity index is 1050. The predicted molar refractivity (Wildman–Crippen MR) is 121 cm³/mol. The average molecular weight is 437 g/mol. The Balaban J connectivity index is 1.39. The van der Waals surface area contributed by atoms with Crippen molar-refractivity contribution in [3.8, 4) is 5.69 Å². The summed E-state index contributed by atoms with van der Waals surface area (Å²) in [6, 6.07) is 16.3. The summed E-state index contributed by atoms with van der Waals surface area (Å²) in [5, 5.41) is 0. The van der Waals surface area contributed by atoms with Crippen LogP contribution in [0, 0.1) is 5.82 Å². The molecule has 2 aliphatic rings. The minimum atomic E-state index is -0.252. The van der Waals surface area contributed by atoms with E-state index in [0.29, 0.717) is 13.1 Å². The number of nitrogens with zero attached hydrogens (tertiary/aromatic N) is 4. The molecule has 0 spiro atoms. The van der Waals surface area contributed by atoms with Gasteiger partial charge in [0, 0.05) is 48.9 Å². The molecule has 3 heterocycles. The maximum absolute atomic E-state index is 13.7. The highest BCUT2D eigenvalue weighted by Crippen LogP contribution is 2.29. The van der Waals surface area contributed by atoms with Crippen molar-refractivity contribution in [1.29, 1.82) is 0 Å². The van der Waals surface area contributed by atoms with Gasteiger partial charge in [0.2, 0.25) is 5.91 Å². The van der Waals surface area contributed by atoms with Crippen molar-refractivity contribution in [2.75, 3.05) is 31.1 Å². The fourth-order valence-corrected chi connectivity index (χ4v) is 5.41. The van der Waals surface area contributed by atoms with Gasteiger partial charge in [-0.25, -0.2) is 9.37 Å². The number of hydrogen-bond donors (Lipinski definition) is 0. The molecular formula is C24H25FN4OS. The quantitative estimate of drug-likeness (QED) is 0.626. The van der Waals surface area contributed by atoms with Crippen LogP contribution >= 0.6 is 11.8 Å². The van der Waals surface area contributed by atoms with Crippen LogP contribution in [0.5, 0.6) is 0 Å². The third-order valence-electron chi connectivity index (χ3n) is 6.09. The first-order chi connectivity index (χ1) is 15.2. The van der Waals surface area contributed by atoms with Gasteiger partial charge in [0.15, 0.2) is 0 Å². The Labute approximate surface area is 185 Å². The largest absolute Gasteiger partial charge is 0.335 e. The molecule has 7 heteroatoms. The molecule has 31 heavy (non-hydrogen) atoms. The fraction of sp³-hybridized carbons (Fsp3) is 0.333. The second-order valence-corrected chi connectivity index (χ2v) is 9.18. The van der Waals surface area contributed by atoms with Crippen LogP contribution in [-0.4, -0.2) is 56.4 Å². The normalized spacial score (nSPS) is 17.9. The highest BCUT2D eigenvalue weighted by molar-refractivity contribution is 7.99. The van der Waals surface area contributed by atoms with E-state index in [0.717, 1.165) is 53.7 Å². The van der Waals surface area contributed by atoms with Gasteiger partial charge in [-0.3, -0.25) is 9.69 Å². The first-order valence-corrected chi connectivity index (χ1v) is 11.8. The summed E-state index contributed by atoms with van der Waals surface area (Å²) in [6.07, 6.45) is 2.51. The number of hydrogen-bond acceptors (Lipinski definition) is 4. The zero-order valence-corrected chi connectivity index (χ0v) is 18.1. The monoisotopic (exact) mass is 436 g/mol. The summed E-state index contributed by atoms with van der Waals surface area (Å²) in [4.78, 5) is 22.6. The zero-order chi connectivity index (χ0) is 21.2. The van der Waals surface area contributed by atoms with E-state index in [9.17, 15) is 9.18 Å². The van der Waals surface area contributed by atoms with Gasteiger partial charge in [0.25, 0.3) is 0 Å².